The first-order valence-corrected chi connectivity index (χ1v) is 8.57. The monoisotopic (exact) mass is 349 g/mol. The van der Waals surface area contributed by atoms with Gasteiger partial charge in [0.05, 0.1) is 0 Å². The van der Waals surface area contributed by atoms with Crippen LogP contribution < -0.4 is 0 Å². The number of halogens is 1. The average Bonchev–Trinajstić information content (AvgIpc) is 2.87. The molecule has 0 saturated heterocycles. The van der Waals surface area contributed by atoms with Gasteiger partial charge in [-0.05, 0) is 62.8 Å². The highest BCUT2D eigenvalue weighted by molar-refractivity contribution is 6.30. The fraction of sp³-hybridized carbons (Fsp3) is 0.136. The van der Waals surface area contributed by atoms with Crippen molar-refractivity contribution in [3.63, 3.8) is 0 Å². The van der Waals surface area contributed by atoms with Gasteiger partial charge in [0.2, 0.25) is 0 Å². The van der Waals surface area contributed by atoms with E-state index in [4.69, 9.17) is 11.6 Å². The Kier molecular flexibility index (Phi) is 4.91. The highest BCUT2D eigenvalue weighted by atomic mass is 35.5. The molecule has 2 aromatic carbocycles. The third kappa shape index (κ3) is 3.75. The fourth-order valence-electron chi connectivity index (χ4n) is 2.95. The van der Waals surface area contributed by atoms with Crippen molar-refractivity contribution in [1.29, 1.82) is 0 Å². The highest BCUT2D eigenvalue weighted by Gasteiger charge is 2.10. The van der Waals surface area contributed by atoms with Crippen LogP contribution >= 0.6 is 11.6 Å². The summed E-state index contributed by atoms with van der Waals surface area (Å²) in [6.45, 7) is 6.10. The van der Waals surface area contributed by atoms with Gasteiger partial charge in [0.25, 0.3) is 0 Å². The number of ketones is 1. The molecule has 0 radical (unpaired) electrons. The maximum Gasteiger partial charge on any atom is 0.185 e. The molecule has 1 heterocycles. The molecule has 3 aromatic rings. The van der Waals surface area contributed by atoms with Crippen LogP contribution in [0, 0.1) is 20.8 Å². The first kappa shape index (κ1) is 17.2. The van der Waals surface area contributed by atoms with Crippen molar-refractivity contribution >= 4 is 23.5 Å². The van der Waals surface area contributed by atoms with Gasteiger partial charge < -0.3 is 4.57 Å². The minimum Gasteiger partial charge on any atom is -0.318 e. The van der Waals surface area contributed by atoms with E-state index in [1.54, 1.807) is 6.08 Å². The van der Waals surface area contributed by atoms with Gasteiger partial charge in [-0.15, -0.1) is 0 Å². The molecule has 25 heavy (non-hydrogen) atoms. The minimum absolute atomic E-state index is 0.00700. The van der Waals surface area contributed by atoms with Crippen LogP contribution in [0.1, 0.15) is 32.9 Å². The van der Waals surface area contributed by atoms with Gasteiger partial charge in [0, 0.05) is 27.7 Å². The molecule has 0 fully saturated rings. The number of aromatic nitrogens is 1. The van der Waals surface area contributed by atoms with Crippen LogP contribution in [0.5, 0.6) is 0 Å². The molecule has 2 nitrogen and oxygen atoms in total. The first-order valence-electron chi connectivity index (χ1n) is 8.19. The predicted molar refractivity (Wildman–Crippen MR) is 105 cm³/mol. The predicted octanol–water partition coefficient (Wildman–Crippen LogP) is 5.95. The molecule has 0 aliphatic carbocycles. The van der Waals surface area contributed by atoms with Crippen LogP contribution in [0.3, 0.4) is 0 Å². The van der Waals surface area contributed by atoms with Crippen LogP contribution in [0.25, 0.3) is 11.8 Å². The Bertz CT molecular complexity index is 949. The quantitative estimate of drug-likeness (QED) is 0.421. The van der Waals surface area contributed by atoms with Gasteiger partial charge in [-0.3, -0.25) is 4.79 Å². The van der Waals surface area contributed by atoms with Crippen molar-refractivity contribution in [1.82, 2.24) is 4.57 Å². The van der Waals surface area contributed by atoms with Crippen molar-refractivity contribution in [2.24, 2.45) is 0 Å². The SMILES string of the molecule is Cc1ccc(C(=O)/C=C/c2cc(C)n(-c3cccc(Cl)c3)c2C)cc1. The Morgan fingerprint density at radius 2 is 1.72 bits per heavy atom. The molecule has 0 bridgehead atoms. The van der Waals surface area contributed by atoms with E-state index in [1.165, 1.54) is 0 Å². The number of benzene rings is 2. The lowest BCUT2D eigenvalue weighted by Crippen LogP contribution is -1.99. The van der Waals surface area contributed by atoms with E-state index in [0.29, 0.717) is 10.6 Å². The largest absolute Gasteiger partial charge is 0.318 e. The number of hydrogen-bond donors (Lipinski definition) is 0. The van der Waals surface area contributed by atoms with Crippen molar-refractivity contribution in [3.8, 4) is 5.69 Å². The number of carbonyl (C=O) groups excluding carboxylic acids is 1. The van der Waals surface area contributed by atoms with E-state index in [9.17, 15) is 4.79 Å². The van der Waals surface area contributed by atoms with Crippen LogP contribution in [0.4, 0.5) is 0 Å². The summed E-state index contributed by atoms with van der Waals surface area (Å²) < 4.78 is 2.14. The summed E-state index contributed by atoms with van der Waals surface area (Å²) in [6.07, 6.45) is 3.51. The van der Waals surface area contributed by atoms with Gasteiger partial charge in [-0.2, -0.15) is 0 Å². The second-order valence-corrected chi connectivity index (χ2v) is 6.64. The smallest absolute Gasteiger partial charge is 0.185 e. The summed E-state index contributed by atoms with van der Waals surface area (Å²) in [5.41, 5.74) is 6.07. The molecule has 0 amide bonds. The molecule has 126 valence electrons. The Morgan fingerprint density at radius 1 is 1.00 bits per heavy atom. The molecule has 1 aromatic heterocycles. The van der Waals surface area contributed by atoms with Crippen LogP contribution in [0.15, 0.2) is 60.7 Å². The van der Waals surface area contributed by atoms with Gasteiger partial charge >= 0.3 is 0 Å². The molecular weight excluding hydrogens is 330 g/mol. The zero-order valence-electron chi connectivity index (χ0n) is 14.6. The average molecular weight is 350 g/mol. The second kappa shape index (κ2) is 7.12. The summed E-state index contributed by atoms with van der Waals surface area (Å²) in [7, 11) is 0. The summed E-state index contributed by atoms with van der Waals surface area (Å²) >= 11 is 6.12. The Labute approximate surface area is 153 Å². The van der Waals surface area contributed by atoms with E-state index in [2.05, 4.69) is 10.6 Å². The van der Waals surface area contributed by atoms with E-state index >= 15 is 0 Å². The first-order chi connectivity index (χ1) is 12.0. The van der Waals surface area contributed by atoms with Crippen molar-refractivity contribution in [2.45, 2.75) is 20.8 Å². The zero-order chi connectivity index (χ0) is 18.0. The van der Waals surface area contributed by atoms with E-state index in [-0.39, 0.29) is 5.78 Å². The van der Waals surface area contributed by atoms with Crippen LogP contribution in [-0.2, 0) is 0 Å². The third-order valence-electron chi connectivity index (χ3n) is 4.29. The van der Waals surface area contributed by atoms with E-state index in [0.717, 1.165) is 28.2 Å². The highest BCUT2D eigenvalue weighted by Crippen LogP contribution is 2.24. The maximum atomic E-state index is 12.3. The molecule has 0 N–H and O–H groups in total. The fourth-order valence-corrected chi connectivity index (χ4v) is 3.13. The van der Waals surface area contributed by atoms with Gasteiger partial charge in [-0.25, -0.2) is 0 Å². The number of aryl methyl sites for hydroxylation is 2. The number of rotatable bonds is 4. The molecule has 0 aliphatic heterocycles. The van der Waals surface area contributed by atoms with Crippen LogP contribution in [0.2, 0.25) is 5.02 Å². The number of carbonyl (C=O) groups is 1. The Balaban J connectivity index is 1.90. The van der Waals surface area contributed by atoms with Gasteiger partial charge in [-0.1, -0.05) is 47.5 Å². The van der Waals surface area contributed by atoms with Crippen molar-refractivity contribution < 1.29 is 4.79 Å². The second-order valence-electron chi connectivity index (χ2n) is 6.21. The van der Waals surface area contributed by atoms with Crippen LogP contribution in [-0.4, -0.2) is 10.4 Å². The number of nitrogens with zero attached hydrogens (tertiary/aromatic N) is 1. The molecular formula is C22H20ClNO. The van der Waals surface area contributed by atoms with E-state index in [1.807, 2.05) is 75.4 Å². The molecule has 0 spiro atoms. The maximum absolute atomic E-state index is 12.3. The summed E-state index contributed by atoms with van der Waals surface area (Å²) in [5, 5.41) is 0.705. The minimum atomic E-state index is 0.00700. The number of hydrogen-bond acceptors (Lipinski definition) is 1. The molecule has 0 unspecified atom stereocenters. The normalized spacial score (nSPS) is 11.2. The standard InChI is InChI=1S/C22H20ClNO/c1-15-7-9-18(10-8-15)22(25)12-11-19-13-16(2)24(17(19)3)21-6-4-5-20(23)14-21/h4-14H,1-3H3/b12-11+. The molecule has 0 atom stereocenters. The number of allylic oxidation sites excluding steroid dienone is 1. The molecule has 0 aliphatic rings. The molecule has 3 heteroatoms. The zero-order valence-corrected chi connectivity index (χ0v) is 15.3. The van der Waals surface area contributed by atoms with Gasteiger partial charge in [0.1, 0.15) is 0 Å². The lowest BCUT2D eigenvalue weighted by molar-refractivity contribution is 0.104. The summed E-state index contributed by atoms with van der Waals surface area (Å²) in [5.74, 6) is 0.00700. The van der Waals surface area contributed by atoms with Crippen molar-refractivity contribution in [2.75, 3.05) is 0 Å². The third-order valence-corrected chi connectivity index (χ3v) is 4.52. The summed E-state index contributed by atoms with van der Waals surface area (Å²) in [4.78, 5) is 12.3. The lowest BCUT2D eigenvalue weighted by Gasteiger charge is -2.09. The molecule has 0 saturated carbocycles. The van der Waals surface area contributed by atoms with Crippen molar-refractivity contribution in [3.05, 3.63) is 93.8 Å². The Hall–Kier alpha value is -2.58. The topological polar surface area (TPSA) is 22.0 Å². The summed E-state index contributed by atoms with van der Waals surface area (Å²) in [6, 6.07) is 17.5. The lowest BCUT2D eigenvalue weighted by atomic mass is 10.1. The molecule has 3 rings (SSSR count). The van der Waals surface area contributed by atoms with E-state index < -0.39 is 0 Å². The van der Waals surface area contributed by atoms with Gasteiger partial charge in [0.15, 0.2) is 5.78 Å². The Morgan fingerprint density at radius 3 is 2.40 bits per heavy atom.